The van der Waals surface area contributed by atoms with Gasteiger partial charge in [0.05, 0.1) is 17.1 Å². The second-order valence-corrected chi connectivity index (χ2v) is 1.85. The lowest BCUT2D eigenvalue weighted by Gasteiger charge is -1.84. The van der Waals surface area contributed by atoms with Gasteiger partial charge in [0.25, 0.3) is 0 Å². The van der Waals surface area contributed by atoms with Gasteiger partial charge in [0, 0.05) is 0 Å². The number of aromatic amines is 1. The van der Waals surface area contributed by atoms with E-state index in [1.54, 1.807) is 0 Å². The fourth-order valence-corrected chi connectivity index (χ4v) is 0.560. The summed E-state index contributed by atoms with van der Waals surface area (Å²) in [6.07, 6.45) is 0. The first-order chi connectivity index (χ1) is 3.72. The Morgan fingerprint density at radius 3 is 2.25 bits per heavy atom. The predicted octanol–water partition coefficient (Wildman–Crippen LogP) is 0.609. The first-order valence-electron chi connectivity index (χ1n) is 2.49. The maximum Gasteiger partial charge on any atom is 0.0823 e. The largest absolute Gasteiger partial charge is 0.396 e. The number of nitrogens with zero attached hydrogens (tertiary/aromatic N) is 1. The fourth-order valence-electron chi connectivity index (χ4n) is 0.560. The van der Waals surface area contributed by atoms with Gasteiger partial charge in [-0.2, -0.15) is 5.10 Å². The molecule has 0 unspecified atom stereocenters. The van der Waals surface area contributed by atoms with Crippen LogP contribution in [0.25, 0.3) is 0 Å². The monoisotopic (exact) mass is 111 g/mol. The summed E-state index contributed by atoms with van der Waals surface area (Å²) in [7, 11) is 0. The summed E-state index contributed by atoms with van der Waals surface area (Å²) >= 11 is 0. The molecule has 3 heteroatoms. The normalized spacial score (nSPS) is 9.75. The molecule has 0 saturated carbocycles. The number of hydrogen-bond donors (Lipinski definition) is 2. The number of nitrogen functional groups attached to an aromatic ring is 1. The van der Waals surface area contributed by atoms with Crippen LogP contribution in [0, 0.1) is 13.8 Å². The number of rotatable bonds is 0. The molecule has 0 bridgehead atoms. The van der Waals surface area contributed by atoms with Crippen LogP contribution in [-0.4, -0.2) is 10.2 Å². The van der Waals surface area contributed by atoms with Crippen LogP contribution in [0.4, 0.5) is 5.69 Å². The van der Waals surface area contributed by atoms with Crippen molar-refractivity contribution in [3.8, 4) is 0 Å². The summed E-state index contributed by atoms with van der Waals surface area (Å²) in [5.74, 6) is 0. The van der Waals surface area contributed by atoms with Gasteiger partial charge in [-0.3, -0.25) is 5.10 Å². The fraction of sp³-hybridized carbons (Fsp3) is 0.400. The van der Waals surface area contributed by atoms with E-state index in [2.05, 4.69) is 10.2 Å². The predicted molar refractivity (Wildman–Crippen MR) is 32.5 cm³/mol. The van der Waals surface area contributed by atoms with Crippen LogP contribution < -0.4 is 5.73 Å². The quantitative estimate of drug-likeness (QED) is 0.515. The lowest BCUT2D eigenvalue weighted by atomic mass is 10.3. The molecule has 44 valence electrons. The number of hydrogen-bond acceptors (Lipinski definition) is 2. The van der Waals surface area contributed by atoms with E-state index in [4.69, 9.17) is 5.73 Å². The van der Waals surface area contributed by atoms with E-state index in [1.807, 2.05) is 13.8 Å². The number of aryl methyl sites for hydroxylation is 2. The third-order valence-electron chi connectivity index (χ3n) is 1.19. The van der Waals surface area contributed by atoms with Crippen molar-refractivity contribution in [3.05, 3.63) is 11.4 Å². The standard InChI is InChI=1S/C5H9N3/c1-3-5(6)4(2)8-7-3/h6H2,1-2H3,(H,7,8). The molecule has 1 heterocycles. The number of nitrogens with one attached hydrogen (secondary N) is 1. The molecule has 3 nitrogen and oxygen atoms in total. The maximum atomic E-state index is 5.51. The number of nitrogens with two attached hydrogens (primary N) is 1. The smallest absolute Gasteiger partial charge is 0.0823 e. The molecule has 0 saturated heterocycles. The Bertz CT molecular complexity index is 170. The minimum absolute atomic E-state index is 0.769. The van der Waals surface area contributed by atoms with Crippen LogP contribution in [0.15, 0.2) is 0 Å². The van der Waals surface area contributed by atoms with E-state index < -0.39 is 0 Å². The lowest BCUT2D eigenvalue weighted by molar-refractivity contribution is 1.02. The third-order valence-corrected chi connectivity index (χ3v) is 1.19. The molecule has 0 spiro atoms. The van der Waals surface area contributed by atoms with Gasteiger partial charge in [0.15, 0.2) is 0 Å². The summed E-state index contributed by atoms with van der Waals surface area (Å²) in [6.45, 7) is 3.77. The van der Waals surface area contributed by atoms with Gasteiger partial charge in [-0.15, -0.1) is 0 Å². The molecule has 0 radical (unpaired) electrons. The van der Waals surface area contributed by atoms with Crippen LogP contribution in [0.3, 0.4) is 0 Å². The minimum Gasteiger partial charge on any atom is -0.396 e. The Morgan fingerprint density at radius 2 is 2.12 bits per heavy atom. The summed E-state index contributed by atoms with van der Waals surface area (Å²) in [4.78, 5) is 0. The van der Waals surface area contributed by atoms with Crippen molar-refractivity contribution in [2.24, 2.45) is 0 Å². The Labute approximate surface area is 47.9 Å². The summed E-state index contributed by atoms with van der Waals surface area (Å²) < 4.78 is 0. The van der Waals surface area contributed by atoms with Crippen LogP contribution in [0.5, 0.6) is 0 Å². The van der Waals surface area contributed by atoms with E-state index in [1.165, 1.54) is 0 Å². The number of aromatic nitrogens is 2. The lowest BCUT2D eigenvalue weighted by Crippen LogP contribution is -1.86. The zero-order valence-electron chi connectivity index (χ0n) is 5.02. The van der Waals surface area contributed by atoms with Crippen molar-refractivity contribution >= 4 is 5.69 Å². The van der Waals surface area contributed by atoms with Gasteiger partial charge in [0.1, 0.15) is 0 Å². The highest BCUT2D eigenvalue weighted by atomic mass is 15.1. The van der Waals surface area contributed by atoms with E-state index >= 15 is 0 Å². The summed E-state index contributed by atoms with van der Waals surface area (Å²) in [5, 5.41) is 6.63. The molecule has 1 rings (SSSR count). The van der Waals surface area contributed by atoms with E-state index in [-0.39, 0.29) is 0 Å². The van der Waals surface area contributed by atoms with Gasteiger partial charge < -0.3 is 5.73 Å². The molecule has 1 aromatic heterocycles. The van der Waals surface area contributed by atoms with Gasteiger partial charge >= 0.3 is 0 Å². The molecule has 0 fully saturated rings. The molecular formula is C5H9N3. The topological polar surface area (TPSA) is 54.7 Å². The van der Waals surface area contributed by atoms with Crippen LogP contribution in [0.1, 0.15) is 11.4 Å². The molecule has 3 N–H and O–H groups in total. The van der Waals surface area contributed by atoms with Crippen LogP contribution in [-0.2, 0) is 0 Å². The van der Waals surface area contributed by atoms with Crippen molar-refractivity contribution < 1.29 is 0 Å². The molecule has 0 amide bonds. The van der Waals surface area contributed by atoms with Gasteiger partial charge in [-0.25, -0.2) is 0 Å². The van der Waals surface area contributed by atoms with Crippen molar-refractivity contribution in [2.75, 3.05) is 5.73 Å². The van der Waals surface area contributed by atoms with E-state index in [0.717, 1.165) is 17.1 Å². The average molecular weight is 111 g/mol. The average Bonchev–Trinajstić information content (AvgIpc) is 1.98. The molecular weight excluding hydrogens is 102 g/mol. The number of anilines is 1. The summed E-state index contributed by atoms with van der Waals surface area (Å²) in [5.41, 5.74) is 8.10. The van der Waals surface area contributed by atoms with Gasteiger partial charge in [-0.1, -0.05) is 0 Å². The van der Waals surface area contributed by atoms with Crippen molar-refractivity contribution in [1.29, 1.82) is 0 Å². The third kappa shape index (κ3) is 0.559. The van der Waals surface area contributed by atoms with E-state index in [0.29, 0.717) is 0 Å². The highest BCUT2D eigenvalue weighted by Gasteiger charge is 1.97. The van der Waals surface area contributed by atoms with Crippen LogP contribution >= 0.6 is 0 Å². The van der Waals surface area contributed by atoms with E-state index in [9.17, 15) is 0 Å². The van der Waals surface area contributed by atoms with Crippen molar-refractivity contribution in [2.45, 2.75) is 13.8 Å². The highest BCUT2D eigenvalue weighted by Crippen LogP contribution is 2.09. The summed E-state index contributed by atoms with van der Waals surface area (Å²) in [6, 6.07) is 0. The maximum absolute atomic E-state index is 5.51. The Kier molecular flexibility index (Phi) is 0.970. The molecule has 0 aliphatic carbocycles. The molecule has 0 aromatic carbocycles. The van der Waals surface area contributed by atoms with Crippen molar-refractivity contribution in [3.63, 3.8) is 0 Å². The molecule has 0 aliphatic heterocycles. The Balaban J connectivity index is 3.19. The Morgan fingerprint density at radius 1 is 1.50 bits per heavy atom. The first-order valence-corrected chi connectivity index (χ1v) is 2.49. The van der Waals surface area contributed by atoms with Crippen molar-refractivity contribution in [1.82, 2.24) is 10.2 Å². The van der Waals surface area contributed by atoms with Crippen LogP contribution in [0.2, 0.25) is 0 Å². The Hall–Kier alpha value is -0.990. The number of H-pyrrole nitrogens is 1. The second-order valence-electron chi connectivity index (χ2n) is 1.85. The SMILES string of the molecule is Cc1n[nH]c(C)c1N. The highest BCUT2D eigenvalue weighted by molar-refractivity contribution is 5.45. The first kappa shape index (κ1) is 5.15. The zero-order chi connectivity index (χ0) is 6.15. The molecule has 0 atom stereocenters. The van der Waals surface area contributed by atoms with Gasteiger partial charge in [-0.05, 0) is 13.8 Å². The molecule has 0 aliphatic rings. The zero-order valence-corrected chi connectivity index (χ0v) is 5.02. The second kappa shape index (κ2) is 1.51. The molecule has 1 aromatic rings. The minimum atomic E-state index is 0.769. The molecule has 8 heavy (non-hydrogen) atoms. The van der Waals surface area contributed by atoms with Gasteiger partial charge in [0.2, 0.25) is 0 Å².